The van der Waals surface area contributed by atoms with Crippen molar-refractivity contribution in [2.24, 2.45) is 5.92 Å². The Hall–Kier alpha value is -2.21. The summed E-state index contributed by atoms with van der Waals surface area (Å²) >= 11 is 0. The lowest BCUT2D eigenvalue weighted by molar-refractivity contribution is -0.131. The van der Waals surface area contributed by atoms with Crippen LogP contribution in [0.5, 0.6) is 0 Å². The predicted octanol–water partition coefficient (Wildman–Crippen LogP) is 2.71. The van der Waals surface area contributed by atoms with E-state index in [4.69, 9.17) is 9.51 Å². The lowest BCUT2D eigenvalue weighted by atomic mass is 9.80. The number of rotatable bonds is 4. The summed E-state index contributed by atoms with van der Waals surface area (Å²) in [6.45, 7) is 4.19. The van der Waals surface area contributed by atoms with Crippen molar-refractivity contribution in [2.45, 2.75) is 37.5 Å². The van der Waals surface area contributed by atoms with Crippen LogP contribution in [-0.2, 0) is 10.2 Å². The maximum atomic E-state index is 12.6. The van der Waals surface area contributed by atoms with Gasteiger partial charge >= 0.3 is 0 Å². The van der Waals surface area contributed by atoms with E-state index >= 15 is 0 Å². The molecule has 0 radical (unpaired) electrons. The first-order valence-electron chi connectivity index (χ1n) is 10.1. The molecule has 27 heavy (non-hydrogen) atoms. The molecule has 1 amide bonds. The van der Waals surface area contributed by atoms with Gasteiger partial charge in [-0.15, -0.1) is 0 Å². The van der Waals surface area contributed by atoms with E-state index in [0.717, 1.165) is 56.9 Å². The normalized spacial score (nSPS) is 28.0. The largest absolute Gasteiger partial charge is 0.342 e. The second-order valence-electron chi connectivity index (χ2n) is 8.29. The van der Waals surface area contributed by atoms with Gasteiger partial charge in [0.25, 0.3) is 0 Å². The van der Waals surface area contributed by atoms with Crippen molar-refractivity contribution in [3.63, 3.8) is 0 Å². The van der Waals surface area contributed by atoms with E-state index in [1.54, 1.807) is 0 Å². The van der Waals surface area contributed by atoms with Crippen LogP contribution in [0, 0.1) is 5.92 Å². The topological polar surface area (TPSA) is 62.5 Å². The minimum atomic E-state index is -0.0781. The SMILES string of the molecule is O=C(CN1C[C@H]2CCC[C@@]2(c2nc(-c3ccccc3)no2)C1)N1CCCC1. The van der Waals surface area contributed by atoms with Gasteiger partial charge in [0.05, 0.1) is 12.0 Å². The molecule has 5 rings (SSSR count). The van der Waals surface area contributed by atoms with Gasteiger partial charge in [-0.2, -0.15) is 4.98 Å². The number of hydrogen-bond acceptors (Lipinski definition) is 5. The highest BCUT2D eigenvalue weighted by molar-refractivity contribution is 5.78. The average molecular weight is 366 g/mol. The fraction of sp³-hybridized carbons (Fsp3) is 0.571. The maximum absolute atomic E-state index is 12.6. The molecule has 0 N–H and O–H groups in total. The Morgan fingerprint density at radius 2 is 2.00 bits per heavy atom. The molecule has 0 unspecified atom stereocenters. The van der Waals surface area contributed by atoms with Gasteiger partial charge in [0, 0.05) is 31.7 Å². The Kier molecular flexibility index (Phi) is 4.23. The summed E-state index contributed by atoms with van der Waals surface area (Å²) in [7, 11) is 0. The highest BCUT2D eigenvalue weighted by atomic mass is 16.5. The molecule has 0 spiro atoms. The van der Waals surface area contributed by atoms with Gasteiger partial charge in [0.15, 0.2) is 0 Å². The molecule has 3 heterocycles. The lowest BCUT2D eigenvalue weighted by Gasteiger charge is -2.25. The smallest absolute Gasteiger partial charge is 0.236 e. The standard InChI is InChI=1S/C21H26N4O2/c26-18(25-11-4-5-12-25)14-24-13-17-9-6-10-21(17,15-24)20-22-19(23-27-20)16-7-2-1-3-8-16/h1-3,7-8,17H,4-6,9-15H2/t17-,21-/m1/s1. The van der Waals surface area contributed by atoms with E-state index in [-0.39, 0.29) is 11.3 Å². The number of likely N-dealkylation sites (tertiary alicyclic amines) is 2. The Bertz CT molecular complexity index is 815. The number of amides is 1. The molecule has 1 aliphatic carbocycles. The molecule has 0 bridgehead atoms. The van der Waals surface area contributed by atoms with Gasteiger partial charge in [0.2, 0.25) is 17.6 Å². The van der Waals surface area contributed by atoms with E-state index in [2.05, 4.69) is 10.1 Å². The van der Waals surface area contributed by atoms with Crippen molar-refractivity contribution in [1.82, 2.24) is 19.9 Å². The van der Waals surface area contributed by atoms with Crippen molar-refractivity contribution in [3.8, 4) is 11.4 Å². The molecule has 6 heteroatoms. The molecule has 1 saturated carbocycles. The minimum absolute atomic E-state index is 0.0781. The Balaban J connectivity index is 1.35. The van der Waals surface area contributed by atoms with Gasteiger partial charge in [-0.25, -0.2) is 0 Å². The molecule has 2 atom stereocenters. The number of benzene rings is 1. The van der Waals surface area contributed by atoms with Gasteiger partial charge in [0.1, 0.15) is 0 Å². The molecule has 2 aromatic rings. The second kappa shape index (κ2) is 6.75. The van der Waals surface area contributed by atoms with Gasteiger partial charge in [-0.3, -0.25) is 9.69 Å². The number of nitrogens with zero attached hydrogens (tertiary/aromatic N) is 4. The highest BCUT2D eigenvalue weighted by Gasteiger charge is 2.54. The first kappa shape index (κ1) is 16.9. The predicted molar refractivity (Wildman–Crippen MR) is 101 cm³/mol. The van der Waals surface area contributed by atoms with Crippen LogP contribution in [0.15, 0.2) is 34.9 Å². The second-order valence-corrected chi connectivity index (χ2v) is 8.29. The van der Waals surface area contributed by atoms with E-state index in [9.17, 15) is 4.79 Å². The zero-order chi connectivity index (χ0) is 18.3. The number of carbonyl (C=O) groups excluding carboxylic acids is 1. The van der Waals surface area contributed by atoms with Crippen molar-refractivity contribution in [3.05, 3.63) is 36.2 Å². The maximum Gasteiger partial charge on any atom is 0.236 e. The van der Waals surface area contributed by atoms with Crippen LogP contribution in [0.2, 0.25) is 0 Å². The zero-order valence-corrected chi connectivity index (χ0v) is 15.6. The molecule has 2 aliphatic heterocycles. The molecule has 1 aromatic carbocycles. The summed E-state index contributed by atoms with van der Waals surface area (Å²) in [6.07, 6.45) is 5.73. The molecule has 1 aromatic heterocycles. The van der Waals surface area contributed by atoms with Crippen molar-refractivity contribution in [2.75, 3.05) is 32.7 Å². The Morgan fingerprint density at radius 3 is 2.81 bits per heavy atom. The van der Waals surface area contributed by atoms with E-state index in [0.29, 0.717) is 18.3 Å². The summed E-state index contributed by atoms with van der Waals surface area (Å²) in [4.78, 5) is 21.7. The number of aromatic nitrogens is 2. The van der Waals surface area contributed by atoms with Gasteiger partial charge in [-0.05, 0) is 31.6 Å². The molecular formula is C21H26N4O2. The van der Waals surface area contributed by atoms with Crippen LogP contribution in [0.3, 0.4) is 0 Å². The van der Waals surface area contributed by atoms with E-state index < -0.39 is 0 Å². The molecule has 2 saturated heterocycles. The van der Waals surface area contributed by atoms with Crippen LogP contribution < -0.4 is 0 Å². The first-order chi connectivity index (χ1) is 13.2. The number of fused-ring (bicyclic) bond motifs is 1. The van der Waals surface area contributed by atoms with Crippen LogP contribution >= 0.6 is 0 Å². The molecule has 6 nitrogen and oxygen atoms in total. The fourth-order valence-corrected chi connectivity index (χ4v) is 5.25. The van der Waals surface area contributed by atoms with Gasteiger partial charge in [-0.1, -0.05) is 41.9 Å². The highest BCUT2D eigenvalue weighted by Crippen LogP contribution is 2.50. The molecule has 142 valence electrons. The molecule has 3 aliphatic rings. The van der Waals surface area contributed by atoms with Crippen LogP contribution in [0.25, 0.3) is 11.4 Å². The summed E-state index contributed by atoms with van der Waals surface area (Å²) in [5.41, 5.74) is 0.906. The van der Waals surface area contributed by atoms with Crippen molar-refractivity contribution in [1.29, 1.82) is 0 Å². The van der Waals surface area contributed by atoms with Gasteiger partial charge < -0.3 is 9.42 Å². The summed E-state index contributed by atoms with van der Waals surface area (Å²) < 4.78 is 5.78. The summed E-state index contributed by atoms with van der Waals surface area (Å²) in [6, 6.07) is 9.98. The Labute approximate surface area is 159 Å². The average Bonchev–Trinajstić information content (AvgIpc) is 3.44. The first-order valence-corrected chi connectivity index (χ1v) is 10.1. The number of hydrogen-bond donors (Lipinski definition) is 0. The van der Waals surface area contributed by atoms with Crippen LogP contribution in [0.1, 0.15) is 38.0 Å². The minimum Gasteiger partial charge on any atom is -0.342 e. The van der Waals surface area contributed by atoms with E-state index in [1.807, 2.05) is 35.2 Å². The third-order valence-corrected chi connectivity index (χ3v) is 6.64. The number of carbonyl (C=O) groups is 1. The third-order valence-electron chi connectivity index (χ3n) is 6.64. The van der Waals surface area contributed by atoms with E-state index in [1.165, 1.54) is 12.8 Å². The van der Waals surface area contributed by atoms with Crippen LogP contribution in [0.4, 0.5) is 0 Å². The van der Waals surface area contributed by atoms with Crippen molar-refractivity contribution >= 4 is 5.91 Å². The third kappa shape index (κ3) is 2.96. The summed E-state index contributed by atoms with van der Waals surface area (Å²) in [5, 5.41) is 4.26. The Morgan fingerprint density at radius 1 is 1.19 bits per heavy atom. The quantitative estimate of drug-likeness (QED) is 0.833. The van der Waals surface area contributed by atoms with Crippen LogP contribution in [-0.4, -0.2) is 58.6 Å². The van der Waals surface area contributed by atoms with Crippen molar-refractivity contribution < 1.29 is 9.32 Å². The molecular weight excluding hydrogens is 340 g/mol. The fourth-order valence-electron chi connectivity index (χ4n) is 5.25. The lowest BCUT2D eigenvalue weighted by Crippen LogP contribution is -2.39. The summed E-state index contributed by atoms with van der Waals surface area (Å²) in [5.74, 6) is 2.21. The zero-order valence-electron chi connectivity index (χ0n) is 15.6. The monoisotopic (exact) mass is 366 g/mol. The molecule has 3 fully saturated rings.